The third kappa shape index (κ3) is 4.89. The van der Waals surface area contributed by atoms with E-state index in [9.17, 15) is 4.79 Å². The van der Waals surface area contributed by atoms with Crippen molar-refractivity contribution in [3.8, 4) is 11.5 Å². The maximum Gasteiger partial charge on any atom is 0.276 e. The first-order valence-electron chi connectivity index (χ1n) is 11.1. The summed E-state index contributed by atoms with van der Waals surface area (Å²) in [7, 11) is 1.61. The molecular weight excluding hydrogens is 504 g/mol. The van der Waals surface area contributed by atoms with Gasteiger partial charge in [0, 0.05) is 16.5 Å². The Morgan fingerprint density at radius 2 is 2.03 bits per heavy atom. The molecule has 0 bridgehead atoms. The lowest BCUT2D eigenvalue weighted by Crippen LogP contribution is -2.50. The lowest BCUT2D eigenvalue weighted by molar-refractivity contribution is -0.116. The summed E-state index contributed by atoms with van der Waals surface area (Å²) in [6.45, 7) is 4.60. The average Bonchev–Trinajstić information content (AvgIpc) is 2.81. The van der Waals surface area contributed by atoms with Crippen molar-refractivity contribution in [3.63, 3.8) is 0 Å². The zero-order valence-electron chi connectivity index (χ0n) is 18.9. The van der Waals surface area contributed by atoms with Gasteiger partial charge in [-0.3, -0.25) is 15.1 Å². The third-order valence-corrected chi connectivity index (χ3v) is 6.88. The number of methoxy groups -OCH3 is 1. The van der Waals surface area contributed by atoms with E-state index in [1.807, 2.05) is 43.3 Å². The topological polar surface area (TPSA) is 75.5 Å². The number of fused-ring (bicyclic) bond motifs is 2. The SMILES string of the molecule is CCCCCSC1=NN2C(=c3ccccc3=N[C@H]2c2cc(Br)c(OC)c(OCC)c2)C(=O)N1. The standard InChI is InChI=1S/C24H27BrN4O3S/c1-4-6-9-12-33-24-27-23(30)20-16-10-7-8-11-18(16)26-22(29(20)28-24)15-13-17(25)21(31-3)19(14-15)32-5-2/h7-8,10-11,13-14,22H,4-6,9,12H2,1-3H3,(H,27,28,30)/t22-/m1/s1. The molecule has 0 saturated carbocycles. The molecule has 2 heterocycles. The Labute approximate surface area is 206 Å². The molecule has 33 heavy (non-hydrogen) atoms. The first-order chi connectivity index (χ1) is 16.1. The number of nitrogens with one attached hydrogen (secondary N) is 1. The molecule has 1 N–H and O–H groups in total. The minimum Gasteiger partial charge on any atom is -0.492 e. The molecule has 0 fully saturated rings. The van der Waals surface area contributed by atoms with E-state index in [0.717, 1.165) is 45.6 Å². The van der Waals surface area contributed by atoms with E-state index in [4.69, 9.17) is 19.6 Å². The van der Waals surface area contributed by atoms with Crippen LogP contribution in [0.4, 0.5) is 0 Å². The summed E-state index contributed by atoms with van der Waals surface area (Å²) in [4.78, 5) is 18.2. The fraction of sp³-hybridized carbons (Fsp3) is 0.375. The van der Waals surface area contributed by atoms with Crippen LogP contribution in [-0.4, -0.2) is 35.6 Å². The van der Waals surface area contributed by atoms with Crippen LogP contribution in [-0.2, 0) is 4.79 Å². The minimum atomic E-state index is -0.520. The molecule has 2 aromatic rings. The van der Waals surface area contributed by atoms with E-state index in [2.05, 4.69) is 28.2 Å². The molecule has 0 radical (unpaired) electrons. The van der Waals surface area contributed by atoms with Crippen LogP contribution in [0.15, 0.2) is 51.0 Å². The Balaban J connectivity index is 1.82. The number of rotatable bonds is 8. The highest BCUT2D eigenvalue weighted by Crippen LogP contribution is 2.41. The summed E-state index contributed by atoms with van der Waals surface area (Å²) >= 11 is 5.16. The fourth-order valence-electron chi connectivity index (χ4n) is 3.83. The number of unbranched alkanes of at least 4 members (excludes halogenated alkanes) is 2. The van der Waals surface area contributed by atoms with Gasteiger partial charge in [0.25, 0.3) is 5.91 Å². The maximum atomic E-state index is 13.2. The molecule has 0 aliphatic carbocycles. The Morgan fingerprint density at radius 1 is 1.21 bits per heavy atom. The quantitative estimate of drug-likeness (QED) is 0.523. The van der Waals surface area contributed by atoms with Crippen molar-refractivity contribution < 1.29 is 14.3 Å². The number of para-hydroxylation sites is 1. The second-order valence-electron chi connectivity index (χ2n) is 7.60. The van der Waals surface area contributed by atoms with Gasteiger partial charge in [-0.1, -0.05) is 49.7 Å². The van der Waals surface area contributed by atoms with Gasteiger partial charge in [-0.05, 0) is 47.5 Å². The van der Waals surface area contributed by atoms with E-state index in [0.29, 0.717) is 29.0 Å². The number of benzene rings is 2. The summed E-state index contributed by atoms with van der Waals surface area (Å²) in [5, 5.41) is 11.6. The number of ether oxygens (including phenoxy) is 2. The van der Waals surface area contributed by atoms with Crippen LogP contribution in [0.3, 0.4) is 0 Å². The number of amides is 1. The zero-order valence-corrected chi connectivity index (χ0v) is 21.3. The zero-order chi connectivity index (χ0) is 23.4. The summed E-state index contributed by atoms with van der Waals surface area (Å²) in [5.41, 5.74) is 1.33. The molecule has 2 aliphatic rings. The summed E-state index contributed by atoms with van der Waals surface area (Å²) in [6.07, 6.45) is 2.86. The normalized spacial score (nSPS) is 16.9. The van der Waals surface area contributed by atoms with Gasteiger partial charge in [0.1, 0.15) is 5.70 Å². The first-order valence-corrected chi connectivity index (χ1v) is 12.8. The van der Waals surface area contributed by atoms with E-state index in [-0.39, 0.29) is 5.91 Å². The Bertz CT molecular complexity index is 1200. The second-order valence-corrected chi connectivity index (χ2v) is 9.53. The van der Waals surface area contributed by atoms with Gasteiger partial charge in [0.2, 0.25) is 0 Å². The van der Waals surface area contributed by atoms with Crippen LogP contribution in [0.25, 0.3) is 5.70 Å². The number of hydrogen-bond donors (Lipinski definition) is 1. The number of thioether (sulfide) groups is 1. The van der Waals surface area contributed by atoms with Crippen molar-refractivity contribution >= 4 is 44.5 Å². The van der Waals surface area contributed by atoms with Crippen molar-refractivity contribution in [3.05, 3.63) is 57.0 Å². The smallest absolute Gasteiger partial charge is 0.276 e. The Kier molecular flexibility index (Phi) is 7.60. The summed E-state index contributed by atoms with van der Waals surface area (Å²) in [5.74, 6) is 1.96. The monoisotopic (exact) mass is 530 g/mol. The van der Waals surface area contributed by atoms with Crippen LogP contribution >= 0.6 is 27.7 Å². The van der Waals surface area contributed by atoms with Crippen LogP contribution < -0.4 is 25.4 Å². The van der Waals surface area contributed by atoms with E-state index >= 15 is 0 Å². The maximum absolute atomic E-state index is 13.2. The molecule has 7 nitrogen and oxygen atoms in total. The van der Waals surface area contributed by atoms with Crippen molar-refractivity contribution in [1.82, 2.24) is 10.3 Å². The predicted molar refractivity (Wildman–Crippen MR) is 135 cm³/mol. The highest BCUT2D eigenvalue weighted by atomic mass is 79.9. The number of nitrogens with zero attached hydrogens (tertiary/aromatic N) is 3. The van der Waals surface area contributed by atoms with Gasteiger partial charge in [0.15, 0.2) is 22.8 Å². The van der Waals surface area contributed by atoms with Crippen LogP contribution in [0, 0.1) is 0 Å². The molecule has 9 heteroatoms. The highest BCUT2D eigenvalue weighted by Gasteiger charge is 2.35. The molecule has 4 rings (SSSR count). The van der Waals surface area contributed by atoms with Crippen molar-refractivity contribution in [2.24, 2.45) is 10.1 Å². The molecule has 2 aliphatic heterocycles. The fourth-order valence-corrected chi connectivity index (χ4v) is 5.30. The molecule has 1 atom stereocenters. The average molecular weight is 531 g/mol. The van der Waals surface area contributed by atoms with Gasteiger partial charge in [-0.2, -0.15) is 0 Å². The van der Waals surface area contributed by atoms with E-state index in [1.54, 1.807) is 23.9 Å². The summed E-state index contributed by atoms with van der Waals surface area (Å²) in [6, 6.07) is 11.5. The number of carbonyl (C=O) groups excluding carboxylic acids is 1. The van der Waals surface area contributed by atoms with Gasteiger partial charge < -0.3 is 9.47 Å². The number of hydrazone groups is 1. The Hall–Kier alpha value is -2.52. The lowest BCUT2D eigenvalue weighted by Gasteiger charge is -2.34. The number of halogens is 1. The second kappa shape index (κ2) is 10.6. The largest absolute Gasteiger partial charge is 0.492 e. The molecule has 174 valence electrons. The minimum absolute atomic E-state index is 0.173. The van der Waals surface area contributed by atoms with Crippen LogP contribution in [0.1, 0.15) is 44.8 Å². The first kappa shape index (κ1) is 23.6. The van der Waals surface area contributed by atoms with Gasteiger partial charge in [0.05, 0.1) is 23.5 Å². The van der Waals surface area contributed by atoms with Crippen molar-refractivity contribution in [1.29, 1.82) is 0 Å². The van der Waals surface area contributed by atoms with Gasteiger partial charge in [-0.15, -0.1) is 5.10 Å². The Morgan fingerprint density at radius 3 is 2.79 bits per heavy atom. The molecule has 0 aromatic heterocycles. The number of amidine groups is 1. The predicted octanol–water partition coefficient (Wildman–Crippen LogP) is 3.92. The number of hydrogen-bond acceptors (Lipinski definition) is 7. The number of carbonyl (C=O) groups is 1. The van der Waals surface area contributed by atoms with Crippen LogP contribution in [0.5, 0.6) is 11.5 Å². The van der Waals surface area contributed by atoms with Crippen molar-refractivity contribution in [2.75, 3.05) is 19.5 Å². The molecule has 0 spiro atoms. The highest BCUT2D eigenvalue weighted by molar-refractivity contribution is 9.10. The third-order valence-electron chi connectivity index (χ3n) is 5.34. The van der Waals surface area contributed by atoms with E-state index < -0.39 is 6.17 Å². The molecule has 1 amide bonds. The lowest BCUT2D eigenvalue weighted by atomic mass is 10.1. The van der Waals surface area contributed by atoms with Gasteiger partial charge >= 0.3 is 0 Å². The molecule has 0 unspecified atom stereocenters. The molecular formula is C24H27BrN4O3S. The van der Waals surface area contributed by atoms with Crippen molar-refractivity contribution in [2.45, 2.75) is 39.3 Å². The van der Waals surface area contributed by atoms with Gasteiger partial charge in [-0.25, -0.2) is 5.01 Å². The molecule has 0 saturated heterocycles. The molecule has 2 aromatic carbocycles. The van der Waals surface area contributed by atoms with E-state index in [1.165, 1.54) is 0 Å². The summed E-state index contributed by atoms with van der Waals surface area (Å²) < 4.78 is 12.1. The van der Waals surface area contributed by atoms with Crippen LogP contribution in [0.2, 0.25) is 0 Å².